The van der Waals surface area contributed by atoms with Crippen molar-refractivity contribution >= 4 is 68.4 Å². The maximum Gasteiger partial charge on any atom is 0.255 e. The van der Waals surface area contributed by atoms with E-state index >= 15 is 0 Å². The lowest BCUT2D eigenvalue weighted by Crippen LogP contribution is -2.12. The molecule has 0 aliphatic rings. The van der Waals surface area contributed by atoms with Crippen LogP contribution in [0.4, 0.5) is 5.69 Å². The second-order valence-electron chi connectivity index (χ2n) is 3.74. The number of carbonyl (C=O) groups excluding carboxylic acids is 1. The maximum absolute atomic E-state index is 12.1. The van der Waals surface area contributed by atoms with E-state index in [1.165, 1.54) is 6.07 Å². The van der Waals surface area contributed by atoms with Crippen LogP contribution in [0.1, 0.15) is 10.4 Å². The van der Waals surface area contributed by atoms with Crippen LogP contribution in [0.25, 0.3) is 0 Å². The molecule has 2 N–H and O–H groups in total. The topological polar surface area (TPSA) is 49.3 Å². The van der Waals surface area contributed by atoms with Crippen molar-refractivity contribution in [3.8, 4) is 5.75 Å². The molecular formula is C13H8ClI2NO2. The van der Waals surface area contributed by atoms with Crippen molar-refractivity contribution in [1.29, 1.82) is 0 Å². The molecule has 98 valence electrons. The molecule has 2 aromatic rings. The Morgan fingerprint density at radius 2 is 1.84 bits per heavy atom. The SMILES string of the molecule is O=C(Nc1ccc(Cl)cc1I)c1ccc(I)c(O)c1. The Kier molecular flexibility index (Phi) is 4.91. The minimum atomic E-state index is -0.271. The number of rotatable bonds is 2. The molecule has 0 unspecified atom stereocenters. The first-order chi connectivity index (χ1) is 8.97. The van der Waals surface area contributed by atoms with E-state index in [0.29, 0.717) is 19.8 Å². The van der Waals surface area contributed by atoms with Crippen LogP contribution in [-0.2, 0) is 0 Å². The largest absolute Gasteiger partial charge is 0.507 e. The zero-order valence-corrected chi connectivity index (χ0v) is 14.5. The molecule has 0 radical (unpaired) electrons. The number of aromatic hydroxyl groups is 1. The summed E-state index contributed by atoms with van der Waals surface area (Å²) in [5.41, 5.74) is 1.09. The normalized spacial score (nSPS) is 10.3. The summed E-state index contributed by atoms with van der Waals surface area (Å²) >= 11 is 9.96. The average molecular weight is 499 g/mol. The highest BCUT2D eigenvalue weighted by Gasteiger charge is 2.10. The first-order valence-electron chi connectivity index (χ1n) is 5.22. The lowest BCUT2D eigenvalue weighted by Gasteiger charge is -2.08. The highest BCUT2D eigenvalue weighted by atomic mass is 127. The first-order valence-corrected chi connectivity index (χ1v) is 7.76. The first kappa shape index (κ1) is 14.9. The molecule has 0 saturated carbocycles. The summed E-state index contributed by atoms with van der Waals surface area (Å²) in [5.74, 6) is -0.175. The number of hydrogen-bond donors (Lipinski definition) is 2. The molecule has 2 rings (SSSR count). The number of phenols is 1. The van der Waals surface area contributed by atoms with Crippen molar-refractivity contribution < 1.29 is 9.90 Å². The number of amides is 1. The number of nitrogens with one attached hydrogen (secondary N) is 1. The summed E-state index contributed by atoms with van der Waals surface area (Å²) in [4.78, 5) is 12.1. The minimum absolute atomic E-state index is 0.0963. The van der Waals surface area contributed by atoms with Gasteiger partial charge >= 0.3 is 0 Å². The van der Waals surface area contributed by atoms with Gasteiger partial charge in [0.15, 0.2) is 0 Å². The Morgan fingerprint density at radius 1 is 1.11 bits per heavy atom. The van der Waals surface area contributed by atoms with E-state index in [4.69, 9.17) is 11.6 Å². The van der Waals surface area contributed by atoms with E-state index in [1.807, 2.05) is 22.6 Å². The van der Waals surface area contributed by atoms with Crippen molar-refractivity contribution in [3.05, 3.63) is 54.1 Å². The van der Waals surface area contributed by atoms with Gasteiger partial charge in [0.05, 0.1) is 9.26 Å². The molecule has 6 heteroatoms. The Morgan fingerprint density at radius 3 is 2.47 bits per heavy atom. The molecule has 0 bridgehead atoms. The van der Waals surface area contributed by atoms with Crippen LogP contribution in [0, 0.1) is 7.14 Å². The van der Waals surface area contributed by atoms with E-state index in [0.717, 1.165) is 3.57 Å². The van der Waals surface area contributed by atoms with Crippen molar-refractivity contribution in [1.82, 2.24) is 0 Å². The van der Waals surface area contributed by atoms with Crippen molar-refractivity contribution in [2.75, 3.05) is 5.32 Å². The number of halogens is 3. The van der Waals surface area contributed by atoms with Crippen LogP contribution < -0.4 is 5.32 Å². The third-order valence-corrected chi connectivity index (χ3v) is 4.43. The summed E-state index contributed by atoms with van der Waals surface area (Å²) in [6.45, 7) is 0. The molecule has 0 heterocycles. The third kappa shape index (κ3) is 3.73. The molecule has 19 heavy (non-hydrogen) atoms. The molecule has 0 atom stereocenters. The minimum Gasteiger partial charge on any atom is -0.507 e. The van der Waals surface area contributed by atoms with Crippen LogP contribution in [0.15, 0.2) is 36.4 Å². The lowest BCUT2D eigenvalue weighted by molar-refractivity contribution is 0.102. The molecule has 0 aliphatic heterocycles. The fourth-order valence-corrected chi connectivity index (χ4v) is 2.78. The molecule has 0 fully saturated rings. The molecule has 0 aliphatic carbocycles. The molecule has 0 saturated heterocycles. The van der Waals surface area contributed by atoms with Gasteiger partial charge in [-0.05, 0) is 81.6 Å². The fourth-order valence-electron chi connectivity index (χ4n) is 1.44. The van der Waals surface area contributed by atoms with Crippen molar-refractivity contribution in [2.24, 2.45) is 0 Å². The van der Waals surface area contributed by atoms with Gasteiger partial charge in [0.1, 0.15) is 5.75 Å². The molecule has 0 spiro atoms. The lowest BCUT2D eigenvalue weighted by atomic mass is 10.2. The fraction of sp³-hybridized carbons (Fsp3) is 0. The predicted octanol–water partition coefficient (Wildman–Crippen LogP) is 4.51. The highest BCUT2D eigenvalue weighted by molar-refractivity contribution is 14.1. The van der Waals surface area contributed by atoms with Crippen molar-refractivity contribution in [2.45, 2.75) is 0 Å². The van der Waals surface area contributed by atoms with Gasteiger partial charge in [0.2, 0.25) is 0 Å². The van der Waals surface area contributed by atoms with Gasteiger partial charge in [-0.3, -0.25) is 4.79 Å². The Labute approximate surface area is 142 Å². The summed E-state index contributed by atoms with van der Waals surface area (Å²) in [6, 6.07) is 10.0. The summed E-state index contributed by atoms with van der Waals surface area (Å²) < 4.78 is 1.56. The molecule has 3 nitrogen and oxygen atoms in total. The van der Waals surface area contributed by atoms with Gasteiger partial charge in [-0.2, -0.15) is 0 Å². The molecule has 1 amide bonds. The van der Waals surface area contributed by atoms with E-state index in [2.05, 4.69) is 27.9 Å². The maximum atomic E-state index is 12.1. The zero-order valence-electron chi connectivity index (χ0n) is 9.45. The van der Waals surface area contributed by atoms with Crippen LogP contribution in [-0.4, -0.2) is 11.0 Å². The molecule has 2 aromatic carbocycles. The van der Waals surface area contributed by atoms with Crippen LogP contribution in [0.2, 0.25) is 5.02 Å². The smallest absolute Gasteiger partial charge is 0.255 e. The Hall–Kier alpha value is -0.540. The standard InChI is InChI=1S/C13H8ClI2NO2/c14-8-2-4-11(10(16)6-8)17-13(19)7-1-3-9(15)12(18)5-7/h1-6,18H,(H,17,19). The Bertz CT molecular complexity index is 647. The predicted molar refractivity (Wildman–Crippen MR) is 92.9 cm³/mol. The van der Waals surface area contributed by atoms with Crippen LogP contribution in [0.3, 0.4) is 0 Å². The number of hydrogen-bond acceptors (Lipinski definition) is 2. The van der Waals surface area contributed by atoms with Crippen LogP contribution in [0.5, 0.6) is 5.75 Å². The average Bonchev–Trinajstić information content (AvgIpc) is 2.36. The van der Waals surface area contributed by atoms with Gasteiger partial charge in [-0.25, -0.2) is 0 Å². The van der Waals surface area contributed by atoms with E-state index < -0.39 is 0 Å². The van der Waals surface area contributed by atoms with E-state index in [1.54, 1.807) is 30.3 Å². The van der Waals surface area contributed by atoms with E-state index in [-0.39, 0.29) is 11.7 Å². The summed E-state index contributed by atoms with van der Waals surface area (Å²) in [7, 11) is 0. The summed E-state index contributed by atoms with van der Waals surface area (Å²) in [5, 5.41) is 13.0. The zero-order chi connectivity index (χ0) is 14.0. The number of phenolic OH excluding ortho intramolecular Hbond substituents is 1. The quantitative estimate of drug-likeness (QED) is 0.598. The van der Waals surface area contributed by atoms with Crippen molar-refractivity contribution in [3.63, 3.8) is 0 Å². The molecule has 0 aromatic heterocycles. The third-order valence-electron chi connectivity index (χ3n) is 2.39. The van der Waals surface area contributed by atoms with Gasteiger partial charge in [-0.1, -0.05) is 11.6 Å². The van der Waals surface area contributed by atoms with Crippen LogP contribution >= 0.6 is 56.8 Å². The van der Waals surface area contributed by atoms with Gasteiger partial charge in [0, 0.05) is 14.2 Å². The van der Waals surface area contributed by atoms with Gasteiger partial charge < -0.3 is 10.4 Å². The summed E-state index contributed by atoms with van der Waals surface area (Å²) in [6.07, 6.45) is 0. The number of anilines is 1. The van der Waals surface area contributed by atoms with Gasteiger partial charge in [0.25, 0.3) is 5.91 Å². The second-order valence-corrected chi connectivity index (χ2v) is 6.51. The van der Waals surface area contributed by atoms with E-state index in [9.17, 15) is 9.90 Å². The number of benzene rings is 2. The Balaban J connectivity index is 2.23. The monoisotopic (exact) mass is 499 g/mol. The van der Waals surface area contributed by atoms with Gasteiger partial charge in [-0.15, -0.1) is 0 Å². The highest BCUT2D eigenvalue weighted by Crippen LogP contribution is 2.24. The molecular weight excluding hydrogens is 491 g/mol. The second kappa shape index (κ2) is 6.27. The number of carbonyl (C=O) groups is 1.